The maximum absolute atomic E-state index is 12.6. The second kappa shape index (κ2) is 9.97. The quantitative estimate of drug-likeness (QED) is 0.435. The van der Waals surface area contributed by atoms with Gasteiger partial charge in [-0.05, 0) is 61.4 Å². The highest BCUT2D eigenvalue weighted by Crippen LogP contribution is 2.23. The zero-order valence-corrected chi connectivity index (χ0v) is 18.5. The molecular formula is C23H24N4O4S. The van der Waals surface area contributed by atoms with Gasteiger partial charge in [0.15, 0.2) is 0 Å². The highest BCUT2D eigenvalue weighted by molar-refractivity contribution is 7.92. The summed E-state index contributed by atoms with van der Waals surface area (Å²) >= 11 is 0. The van der Waals surface area contributed by atoms with Crippen molar-refractivity contribution in [2.75, 3.05) is 21.9 Å². The lowest BCUT2D eigenvalue weighted by molar-refractivity contribution is -0.115. The van der Waals surface area contributed by atoms with Crippen molar-refractivity contribution in [3.8, 4) is 0 Å². The molecule has 9 heteroatoms. The molecule has 0 aliphatic rings. The van der Waals surface area contributed by atoms with Gasteiger partial charge in [-0.2, -0.15) is 0 Å². The van der Waals surface area contributed by atoms with Gasteiger partial charge in [0, 0.05) is 11.4 Å². The lowest BCUT2D eigenvalue weighted by Crippen LogP contribution is -2.35. The van der Waals surface area contributed by atoms with Crippen molar-refractivity contribution < 1.29 is 18.0 Å². The predicted octanol–water partition coefficient (Wildman–Crippen LogP) is 3.86. The van der Waals surface area contributed by atoms with E-state index in [0.717, 1.165) is 5.56 Å². The summed E-state index contributed by atoms with van der Waals surface area (Å²) in [5, 5.41) is 7.78. The molecule has 3 rings (SSSR count). The fraction of sp³-hybridized carbons (Fsp3) is 0.130. The average Bonchev–Trinajstić information content (AvgIpc) is 2.75. The molecule has 0 heterocycles. The topological polar surface area (TPSA) is 116 Å². The lowest BCUT2D eigenvalue weighted by Gasteiger charge is -2.13. The fourth-order valence-electron chi connectivity index (χ4n) is 2.88. The summed E-state index contributed by atoms with van der Waals surface area (Å²) in [5.41, 5.74) is 3.05. The van der Waals surface area contributed by atoms with Gasteiger partial charge in [-0.3, -0.25) is 9.52 Å². The van der Waals surface area contributed by atoms with Gasteiger partial charge in [-0.25, -0.2) is 13.2 Å². The number of hydrogen-bond acceptors (Lipinski definition) is 4. The summed E-state index contributed by atoms with van der Waals surface area (Å²) in [5.74, 6) is -0.454. The minimum Gasteiger partial charge on any atom is -0.329 e. The summed E-state index contributed by atoms with van der Waals surface area (Å²) in [6.45, 7) is 3.41. The van der Waals surface area contributed by atoms with Crippen molar-refractivity contribution >= 4 is 39.0 Å². The molecule has 3 amide bonds. The monoisotopic (exact) mass is 452 g/mol. The first-order chi connectivity index (χ1) is 15.2. The molecule has 0 spiro atoms. The number of urea groups is 1. The molecule has 0 aliphatic heterocycles. The van der Waals surface area contributed by atoms with Gasteiger partial charge in [-0.1, -0.05) is 36.4 Å². The Morgan fingerprint density at radius 3 is 2.25 bits per heavy atom. The summed E-state index contributed by atoms with van der Waals surface area (Å²) in [4.78, 5) is 24.4. The molecule has 0 unspecified atom stereocenters. The van der Waals surface area contributed by atoms with Crippen molar-refractivity contribution in [1.29, 1.82) is 0 Å². The molecule has 0 bridgehead atoms. The van der Waals surface area contributed by atoms with Crippen LogP contribution in [0.3, 0.4) is 0 Å². The van der Waals surface area contributed by atoms with Crippen molar-refractivity contribution in [3.05, 3.63) is 83.9 Å². The standard InChI is InChI=1S/C23H24N4O4S/c1-16-7-6-8-18(13-16)26-23(29)24-15-22(28)25-19-12-11-17(2)21(14-19)27-32(30,31)20-9-4-3-5-10-20/h3-14,27H,15H2,1-2H3,(H,25,28)(H2,24,26,29). The third kappa shape index (κ3) is 6.32. The third-order valence-corrected chi connectivity index (χ3v) is 5.89. The fourth-order valence-corrected chi connectivity index (χ4v) is 4.02. The smallest absolute Gasteiger partial charge is 0.319 e. The first kappa shape index (κ1) is 22.8. The lowest BCUT2D eigenvalue weighted by atomic mass is 10.2. The van der Waals surface area contributed by atoms with Crippen LogP contribution in [0.2, 0.25) is 0 Å². The van der Waals surface area contributed by atoms with E-state index in [0.29, 0.717) is 22.6 Å². The van der Waals surface area contributed by atoms with Crippen molar-refractivity contribution in [1.82, 2.24) is 5.32 Å². The molecule has 8 nitrogen and oxygen atoms in total. The summed E-state index contributed by atoms with van der Waals surface area (Å²) in [7, 11) is -3.76. The molecule has 3 aromatic rings. The Kier molecular flexibility index (Phi) is 7.11. The van der Waals surface area contributed by atoms with E-state index in [-0.39, 0.29) is 11.4 Å². The van der Waals surface area contributed by atoms with E-state index in [1.807, 2.05) is 25.1 Å². The van der Waals surface area contributed by atoms with Crippen molar-refractivity contribution in [2.24, 2.45) is 0 Å². The van der Waals surface area contributed by atoms with Gasteiger partial charge >= 0.3 is 6.03 Å². The second-order valence-corrected chi connectivity index (χ2v) is 8.86. The van der Waals surface area contributed by atoms with E-state index in [9.17, 15) is 18.0 Å². The number of carbonyl (C=O) groups is 2. The molecule has 0 atom stereocenters. The molecule has 32 heavy (non-hydrogen) atoms. The van der Waals surface area contributed by atoms with E-state index in [2.05, 4.69) is 20.7 Å². The Bertz CT molecular complexity index is 1230. The van der Waals surface area contributed by atoms with E-state index in [1.54, 1.807) is 43.3 Å². The minimum atomic E-state index is -3.76. The molecule has 0 aliphatic carbocycles. The summed E-state index contributed by atoms with van der Waals surface area (Å²) < 4.78 is 27.7. The number of aryl methyl sites for hydroxylation is 2. The van der Waals surface area contributed by atoms with E-state index in [1.165, 1.54) is 18.2 Å². The van der Waals surface area contributed by atoms with Crippen LogP contribution in [0.1, 0.15) is 11.1 Å². The molecular weight excluding hydrogens is 428 g/mol. The first-order valence-corrected chi connectivity index (χ1v) is 11.3. The number of carbonyl (C=O) groups excluding carboxylic acids is 2. The molecule has 0 radical (unpaired) electrons. The average molecular weight is 453 g/mol. The Morgan fingerprint density at radius 1 is 0.812 bits per heavy atom. The maximum atomic E-state index is 12.6. The molecule has 4 N–H and O–H groups in total. The molecule has 0 saturated heterocycles. The molecule has 166 valence electrons. The number of sulfonamides is 1. The largest absolute Gasteiger partial charge is 0.329 e. The molecule has 0 aromatic heterocycles. The zero-order valence-electron chi connectivity index (χ0n) is 17.7. The van der Waals surface area contributed by atoms with Crippen LogP contribution in [0, 0.1) is 13.8 Å². The zero-order chi connectivity index (χ0) is 23.1. The van der Waals surface area contributed by atoms with Gasteiger partial charge in [-0.15, -0.1) is 0 Å². The van der Waals surface area contributed by atoms with Crippen LogP contribution in [0.25, 0.3) is 0 Å². The van der Waals surface area contributed by atoms with Crippen LogP contribution in [0.4, 0.5) is 21.9 Å². The Morgan fingerprint density at radius 2 is 1.53 bits per heavy atom. The van der Waals surface area contributed by atoms with Gasteiger partial charge in [0.25, 0.3) is 10.0 Å². The maximum Gasteiger partial charge on any atom is 0.319 e. The third-order valence-electron chi connectivity index (χ3n) is 4.50. The van der Waals surface area contributed by atoms with Crippen molar-refractivity contribution in [3.63, 3.8) is 0 Å². The predicted molar refractivity (Wildman–Crippen MR) is 125 cm³/mol. The Labute approximate surface area is 187 Å². The van der Waals surface area contributed by atoms with Crippen LogP contribution >= 0.6 is 0 Å². The van der Waals surface area contributed by atoms with Gasteiger partial charge < -0.3 is 16.0 Å². The number of nitrogens with one attached hydrogen (secondary N) is 4. The van der Waals surface area contributed by atoms with Crippen LogP contribution in [0.5, 0.6) is 0 Å². The highest BCUT2D eigenvalue weighted by atomic mass is 32.2. The number of benzene rings is 3. The molecule has 0 saturated carbocycles. The van der Waals surface area contributed by atoms with Crippen LogP contribution < -0.4 is 20.7 Å². The number of amides is 3. The second-order valence-electron chi connectivity index (χ2n) is 7.17. The van der Waals surface area contributed by atoms with Crippen molar-refractivity contribution in [2.45, 2.75) is 18.7 Å². The molecule has 0 fully saturated rings. The van der Waals surface area contributed by atoms with E-state index in [4.69, 9.17) is 0 Å². The van der Waals surface area contributed by atoms with Gasteiger partial charge in [0.1, 0.15) is 0 Å². The number of rotatable bonds is 7. The molecule has 3 aromatic carbocycles. The number of hydrogen-bond donors (Lipinski definition) is 4. The Hall–Kier alpha value is -3.85. The van der Waals surface area contributed by atoms with Crippen LogP contribution in [-0.2, 0) is 14.8 Å². The summed E-state index contributed by atoms with van der Waals surface area (Å²) in [6, 6.07) is 19.7. The van der Waals surface area contributed by atoms with Crippen LogP contribution in [-0.4, -0.2) is 26.9 Å². The first-order valence-electron chi connectivity index (χ1n) is 9.83. The van der Waals surface area contributed by atoms with Gasteiger partial charge in [0.2, 0.25) is 5.91 Å². The number of anilines is 3. The highest BCUT2D eigenvalue weighted by Gasteiger charge is 2.15. The Balaban J connectivity index is 1.59. The normalized spacial score (nSPS) is 10.8. The van der Waals surface area contributed by atoms with Gasteiger partial charge in [0.05, 0.1) is 17.1 Å². The minimum absolute atomic E-state index is 0.137. The van der Waals surface area contributed by atoms with E-state index >= 15 is 0 Å². The van der Waals surface area contributed by atoms with Crippen LogP contribution in [0.15, 0.2) is 77.7 Å². The SMILES string of the molecule is Cc1cccc(NC(=O)NCC(=O)Nc2ccc(C)c(NS(=O)(=O)c3ccccc3)c2)c1. The van der Waals surface area contributed by atoms with E-state index < -0.39 is 22.0 Å². The summed E-state index contributed by atoms with van der Waals surface area (Å²) in [6.07, 6.45) is 0.